The second-order valence-electron chi connectivity index (χ2n) is 3.95. The number of hydrogen-bond acceptors (Lipinski definition) is 6. The van der Waals surface area contributed by atoms with E-state index in [1.165, 1.54) is 16.9 Å². The van der Waals surface area contributed by atoms with Crippen LogP contribution < -0.4 is 5.32 Å². The molecule has 2 aromatic rings. The van der Waals surface area contributed by atoms with Gasteiger partial charge in [0.15, 0.2) is 5.82 Å². The number of nitrogens with zero attached hydrogens (tertiary/aromatic N) is 2. The third-order valence-corrected chi connectivity index (χ3v) is 3.48. The number of methoxy groups -OCH3 is 1. The highest BCUT2D eigenvalue weighted by Gasteiger charge is 2.01. The maximum Gasteiger partial charge on any atom is 0.213 e. The van der Waals surface area contributed by atoms with Crippen molar-refractivity contribution in [3.63, 3.8) is 0 Å². The van der Waals surface area contributed by atoms with Crippen LogP contribution in [0.2, 0.25) is 0 Å². The summed E-state index contributed by atoms with van der Waals surface area (Å²) >= 11 is 1.70. The molecular weight excluding hydrogens is 262 g/mol. The number of nitrogens with one attached hydrogen (secondary N) is 1. The third kappa shape index (κ3) is 5.02. The van der Waals surface area contributed by atoms with E-state index in [2.05, 4.69) is 39.7 Å². The first kappa shape index (κ1) is 14.0. The highest BCUT2D eigenvalue weighted by molar-refractivity contribution is 7.98. The minimum Gasteiger partial charge on any atom is -0.383 e. The fraction of sp³-hybridized carbons (Fsp3) is 0.385. The largest absolute Gasteiger partial charge is 0.383 e. The van der Waals surface area contributed by atoms with Crippen molar-refractivity contribution in [1.29, 1.82) is 0 Å². The monoisotopic (exact) mass is 279 g/mol. The van der Waals surface area contributed by atoms with Crippen LogP contribution in [0.15, 0.2) is 40.1 Å². The van der Waals surface area contributed by atoms with Gasteiger partial charge in [0.2, 0.25) is 6.39 Å². The minimum atomic E-state index is 0.716. The molecule has 1 N–H and O–H groups in total. The van der Waals surface area contributed by atoms with Gasteiger partial charge in [-0.3, -0.25) is 0 Å². The first-order chi connectivity index (χ1) is 9.38. The van der Waals surface area contributed by atoms with Gasteiger partial charge >= 0.3 is 0 Å². The molecule has 0 fully saturated rings. The van der Waals surface area contributed by atoms with E-state index in [1.807, 2.05) is 0 Å². The molecule has 0 aliphatic heterocycles. The van der Waals surface area contributed by atoms with Crippen molar-refractivity contribution in [2.45, 2.75) is 17.2 Å². The molecule has 5 nitrogen and oxygen atoms in total. The molecule has 0 aliphatic rings. The van der Waals surface area contributed by atoms with Crippen molar-refractivity contribution in [3.05, 3.63) is 42.0 Å². The van der Waals surface area contributed by atoms with E-state index in [0.29, 0.717) is 5.82 Å². The Morgan fingerprint density at radius 1 is 1.42 bits per heavy atom. The maximum absolute atomic E-state index is 4.99. The number of rotatable bonds is 8. The van der Waals surface area contributed by atoms with Crippen molar-refractivity contribution in [3.8, 4) is 0 Å². The molecule has 0 amide bonds. The van der Waals surface area contributed by atoms with Crippen LogP contribution in [0.4, 0.5) is 0 Å². The molecular formula is C13H17N3O2S. The highest BCUT2D eigenvalue weighted by atomic mass is 32.2. The second kappa shape index (κ2) is 7.93. The Balaban J connectivity index is 1.81. The SMILES string of the molecule is COCCNCc1cccc(SCc2ncon2)c1. The van der Waals surface area contributed by atoms with Crippen LogP contribution in [0, 0.1) is 0 Å². The lowest BCUT2D eigenvalue weighted by atomic mass is 10.2. The Labute approximate surface area is 116 Å². The van der Waals surface area contributed by atoms with Gasteiger partial charge in [-0.25, -0.2) is 0 Å². The number of hydrogen-bond donors (Lipinski definition) is 1. The molecule has 19 heavy (non-hydrogen) atoms. The van der Waals surface area contributed by atoms with E-state index < -0.39 is 0 Å². The number of ether oxygens (including phenoxy) is 1. The molecule has 6 heteroatoms. The summed E-state index contributed by atoms with van der Waals surface area (Å²) in [5.74, 6) is 1.44. The average Bonchev–Trinajstić information content (AvgIpc) is 2.95. The summed E-state index contributed by atoms with van der Waals surface area (Å²) in [5, 5.41) is 7.12. The molecule has 2 rings (SSSR count). The third-order valence-electron chi connectivity index (χ3n) is 2.49. The highest BCUT2D eigenvalue weighted by Crippen LogP contribution is 2.22. The quantitative estimate of drug-likeness (QED) is 0.590. The van der Waals surface area contributed by atoms with E-state index in [0.717, 1.165) is 25.4 Å². The standard InChI is InChI=1S/C13H17N3O2S/c1-17-6-5-14-8-11-3-2-4-12(7-11)19-9-13-15-10-18-16-13/h2-4,7,10,14H,5-6,8-9H2,1H3. The summed E-state index contributed by atoms with van der Waals surface area (Å²) in [6.45, 7) is 2.43. The molecule has 0 saturated carbocycles. The van der Waals surface area contributed by atoms with Gasteiger partial charge in [0.25, 0.3) is 0 Å². The molecule has 1 heterocycles. The van der Waals surface area contributed by atoms with E-state index in [1.54, 1.807) is 18.9 Å². The van der Waals surface area contributed by atoms with E-state index in [4.69, 9.17) is 9.26 Å². The van der Waals surface area contributed by atoms with Crippen LogP contribution >= 0.6 is 11.8 Å². The van der Waals surface area contributed by atoms with Crippen LogP contribution in [-0.4, -0.2) is 30.4 Å². The van der Waals surface area contributed by atoms with E-state index >= 15 is 0 Å². The van der Waals surface area contributed by atoms with Crippen LogP contribution in [0.25, 0.3) is 0 Å². The van der Waals surface area contributed by atoms with Gasteiger partial charge in [0, 0.05) is 25.1 Å². The van der Waals surface area contributed by atoms with Crippen molar-refractivity contribution in [2.75, 3.05) is 20.3 Å². The summed E-state index contributed by atoms with van der Waals surface area (Å²) in [7, 11) is 1.71. The zero-order chi connectivity index (χ0) is 13.3. The van der Waals surface area contributed by atoms with Gasteiger partial charge in [0.05, 0.1) is 12.4 Å². The van der Waals surface area contributed by atoms with Gasteiger partial charge < -0.3 is 14.6 Å². The molecule has 0 bridgehead atoms. The summed E-state index contributed by atoms with van der Waals surface area (Å²) in [6, 6.07) is 8.43. The predicted molar refractivity (Wildman–Crippen MR) is 73.9 cm³/mol. The molecule has 0 atom stereocenters. The Bertz CT molecular complexity index is 477. The van der Waals surface area contributed by atoms with Crippen LogP contribution in [0.1, 0.15) is 11.4 Å². The van der Waals surface area contributed by atoms with Crippen molar-refractivity contribution < 1.29 is 9.26 Å². The first-order valence-corrected chi connectivity index (χ1v) is 7.03. The fourth-order valence-electron chi connectivity index (χ4n) is 1.56. The molecule has 1 aromatic carbocycles. The van der Waals surface area contributed by atoms with Gasteiger partial charge in [-0.05, 0) is 17.7 Å². The smallest absolute Gasteiger partial charge is 0.213 e. The molecule has 0 spiro atoms. The molecule has 0 radical (unpaired) electrons. The zero-order valence-electron chi connectivity index (χ0n) is 10.8. The van der Waals surface area contributed by atoms with Crippen LogP contribution in [0.3, 0.4) is 0 Å². The summed E-state index contributed by atoms with van der Waals surface area (Å²) in [6.07, 6.45) is 1.35. The summed E-state index contributed by atoms with van der Waals surface area (Å²) in [4.78, 5) is 5.20. The Hall–Kier alpha value is -1.37. The molecule has 0 unspecified atom stereocenters. The molecule has 102 valence electrons. The Kier molecular flexibility index (Phi) is 5.87. The van der Waals surface area contributed by atoms with E-state index in [-0.39, 0.29) is 0 Å². The van der Waals surface area contributed by atoms with Gasteiger partial charge in [-0.2, -0.15) is 4.98 Å². The number of benzene rings is 1. The lowest BCUT2D eigenvalue weighted by Gasteiger charge is -2.06. The van der Waals surface area contributed by atoms with Crippen LogP contribution in [-0.2, 0) is 17.0 Å². The Morgan fingerprint density at radius 3 is 3.16 bits per heavy atom. The topological polar surface area (TPSA) is 60.2 Å². The number of thioether (sulfide) groups is 1. The fourth-order valence-corrected chi connectivity index (χ4v) is 2.39. The summed E-state index contributed by atoms with van der Waals surface area (Å²) in [5.41, 5.74) is 1.26. The predicted octanol–water partition coefficient (Wildman–Crippen LogP) is 2.10. The van der Waals surface area contributed by atoms with Crippen molar-refractivity contribution in [1.82, 2.24) is 15.5 Å². The van der Waals surface area contributed by atoms with Gasteiger partial charge in [-0.15, -0.1) is 11.8 Å². The minimum absolute atomic E-state index is 0.716. The normalized spacial score (nSPS) is 10.8. The van der Waals surface area contributed by atoms with Crippen molar-refractivity contribution >= 4 is 11.8 Å². The second-order valence-corrected chi connectivity index (χ2v) is 5.00. The molecule has 0 saturated heterocycles. The Morgan fingerprint density at radius 2 is 2.37 bits per heavy atom. The van der Waals surface area contributed by atoms with Crippen molar-refractivity contribution in [2.24, 2.45) is 0 Å². The maximum atomic E-state index is 4.99. The lowest BCUT2D eigenvalue weighted by Crippen LogP contribution is -2.18. The molecule has 1 aromatic heterocycles. The number of aromatic nitrogens is 2. The van der Waals surface area contributed by atoms with E-state index in [9.17, 15) is 0 Å². The van der Waals surface area contributed by atoms with Crippen LogP contribution in [0.5, 0.6) is 0 Å². The first-order valence-electron chi connectivity index (χ1n) is 6.05. The average molecular weight is 279 g/mol. The zero-order valence-corrected chi connectivity index (χ0v) is 11.7. The molecule has 0 aliphatic carbocycles. The summed E-state index contributed by atoms with van der Waals surface area (Å²) < 4.78 is 9.70. The lowest BCUT2D eigenvalue weighted by molar-refractivity contribution is 0.199. The van der Waals surface area contributed by atoms with Gasteiger partial charge in [0.1, 0.15) is 0 Å². The van der Waals surface area contributed by atoms with Gasteiger partial charge in [-0.1, -0.05) is 17.3 Å².